The molecule has 0 aliphatic carbocycles. The van der Waals surface area contributed by atoms with Crippen LogP contribution >= 0.6 is 12.4 Å². The minimum absolute atomic E-state index is 0. The first-order valence-corrected chi connectivity index (χ1v) is 3.30. The Bertz CT molecular complexity index is 262. The van der Waals surface area contributed by atoms with Crippen molar-refractivity contribution in [3.63, 3.8) is 0 Å². The van der Waals surface area contributed by atoms with Gasteiger partial charge in [-0.3, -0.25) is 4.98 Å². The quantitative estimate of drug-likeness (QED) is 0.604. The number of nitrogens with one attached hydrogen (secondary N) is 1. The minimum Gasteiger partial charge on any atom is -0.397 e. The van der Waals surface area contributed by atoms with Gasteiger partial charge in [0.1, 0.15) is 0 Å². The van der Waals surface area contributed by atoms with E-state index in [0.29, 0.717) is 0 Å². The summed E-state index contributed by atoms with van der Waals surface area (Å²) in [5.41, 5.74) is 8.66. The molecule has 1 aliphatic rings. The zero-order chi connectivity index (χ0) is 6.97. The van der Waals surface area contributed by atoms with Crippen molar-refractivity contribution in [1.82, 2.24) is 10.3 Å². The monoisotopic (exact) mass is 171 g/mol. The number of nitrogen functional groups attached to an aromatic ring is 1. The fourth-order valence-corrected chi connectivity index (χ4v) is 1.18. The molecular weight excluding hydrogens is 162 g/mol. The highest BCUT2D eigenvalue weighted by molar-refractivity contribution is 5.85. The number of fused-ring (bicyclic) bond motifs is 1. The lowest BCUT2D eigenvalue weighted by atomic mass is 10.2. The van der Waals surface area contributed by atoms with Crippen molar-refractivity contribution in [1.29, 1.82) is 0 Å². The van der Waals surface area contributed by atoms with Crippen LogP contribution in [0.3, 0.4) is 0 Å². The summed E-state index contributed by atoms with van der Waals surface area (Å²) >= 11 is 0. The molecule has 1 aromatic rings. The molecule has 0 unspecified atom stereocenters. The summed E-state index contributed by atoms with van der Waals surface area (Å²) in [6, 6.07) is 1.97. The number of anilines is 1. The fraction of sp³-hybridized carbons (Fsp3) is 0.286. The molecule has 11 heavy (non-hydrogen) atoms. The van der Waals surface area contributed by atoms with E-state index >= 15 is 0 Å². The summed E-state index contributed by atoms with van der Waals surface area (Å²) in [5.74, 6) is 0. The number of nitrogens with two attached hydrogens (primary N) is 1. The summed E-state index contributed by atoms with van der Waals surface area (Å²) in [7, 11) is 0. The van der Waals surface area contributed by atoms with Crippen molar-refractivity contribution in [2.24, 2.45) is 0 Å². The van der Waals surface area contributed by atoms with Gasteiger partial charge >= 0.3 is 0 Å². The van der Waals surface area contributed by atoms with E-state index < -0.39 is 0 Å². The van der Waals surface area contributed by atoms with Gasteiger partial charge in [0.15, 0.2) is 0 Å². The van der Waals surface area contributed by atoms with Gasteiger partial charge in [-0.2, -0.15) is 0 Å². The van der Waals surface area contributed by atoms with Crippen LogP contribution in [0.4, 0.5) is 5.69 Å². The molecule has 3 N–H and O–H groups in total. The molecule has 3 nitrogen and oxygen atoms in total. The third kappa shape index (κ3) is 1.44. The average Bonchev–Trinajstić information content (AvgIpc) is 2.33. The van der Waals surface area contributed by atoms with Gasteiger partial charge in [0, 0.05) is 13.1 Å². The van der Waals surface area contributed by atoms with Crippen molar-refractivity contribution in [2.75, 3.05) is 5.73 Å². The van der Waals surface area contributed by atoms with Crippen molar-refractivity contribution in [3.05, 3.63) is 23.5 Å². The van der Waals surface area contributed by atoms with Crippen molar-refractivity contribution in [3.8, 4) is 0 Å². The number of halogens is 1. The van der Waals surface area contributed by atoms with Crippen LogP contribution in [0.5, 0.6) is 0 Å². The fourth-order valence-electron chi connectivity index (χ4n) is 1.18. The summed E-state index contributed by atoms with van der Waals surface area (Å²) in [6.07, 6.45) is 1.70. The molecule has 2 rings (SSSR count). The molecule has 1 aromatic heterocycles. The Morgan fingerprint density at radius 1 is 1.45 bits per heavy atom. The second-order valence-electron chi connectivity index (χ2n) is 2.48. The zero-order valence-corrected chi connectivity index (χ0v) is 6.82. The van der Waals surface area contributed by atoms with Crippen LogP contribution in [-0.2, 0) is 13.1 Å². The van der Waals surface area contributed by atoms with Crippen molar-refractivity contribution < 1.29 is 0 Å². The molecule has 4 heteroatoms. The Kier molecular flexibility index (Phi) is 2.31. The van der Waals surface area contributed by atoms with Crippen molar-refractivity contribution in [2.45, 2.75) is 13.1 Å². The topological polar surface area (TPSA) is 50.9 Å². The third-order valence-corrected chi connectivity index (χ3v) is 1.69. The molecule has 0 aromatic carbocycles. The number of hydrogen-bond donors (Lipinski definition) is 2. The van der Waals surface area contributed by atoms with Gasteiger partial charge < -0.3 is 11.1 Å². The molecule has 0 radical (unpaired) electrons. The number of aromatic nitrogens is 1. The lowest BCUT2D eigenvalue weighted by molar-refractivity contribution is 0.757. The second kappa shape index (κ2) is 3.07. The number of pyridine rings is 1. The second-order valence-corrected chi connectivity index (χ2v) is 2.48. The molecule has 0 fully saturated rings. The first-order chi connectivity index (χ1) is 4.86. The highest BCUT2D eigenvalue weighted by Crippen LogP contribution is 2.14. The Hall–Kier alpha value is -0.800. The predicted molar refractivity (Wildman–Crippen MR) is 46.4 cm³/mol. The highest BCUT2D eigenvalue weighted by atomic mass is 35.5. The standard InChI is InChI=1S/C7H9N3.ClH/c8-6-1-5-2-9-4-7(5)10-3-6;/h1,3,9H,2,4,8H2;1H. The van der Waals surface area contributed by atoms with Gasteiger partial charge in [-0.05, 0) is 11.6 Å². The van der Waals surface area contributed by atoms with Crippen LogP contribution in [-0.4, -0.2) is 4.98 Å². The number of rotatable bonds is 0. The van der Waals surface area contributed by atoms with E-state index in [-0.39, 0.29) is 12.4 Å². The third-order valence-electron chi connectivity index (χ3n) is 1.69. The molecule has 0 spiro atoms. The van der Waals surface area contributed by atoms with Gasteiger partial charge in [0.05, 0.1) is 17.6 Å². The Labute approximate surface area is 71.4 Å². The largest absolute Gasteiger partial charge is 0.397 e. The Morgan fingerprint density at radius 3 is 3.09 bits per heavy atom. The number of nitrogens with zero attached hydrogens (tertiary/aromatic N) is 1. The molecular formula is C7H10ClN3. The maximum atomic E-state index is 5.54. The van der Waals surface area contributed by atoms with Crippen LogP contribution in [0.15, 0.2) is 12.3 Å². The Balaban J connectivity index is 0.000000605. The molecule has 2 heterocycles. The van der Waals surface area contributed by atoms with Crippen molar-refractivity contribution >= 4 is 18.1 Å². The van der Waals surface area contributed by atoms with Crippen LogP contribution in [0, 0.1) is 0 Å². The molecule has 0 amide bonds. The summed E-state index contributed by atoms with van der Waals surface area (Å²) in [5, 5.41) is 3.20. The van der Waals surface area contributed by atoms with E-state index in [1.807, 2.05) is 6.07 Å². The van der Waals surface area contributed by atoms with E-state index in [2.05, 4.69) is 10.3 Å². The van der Waals surface area contributed by atoms with Crippen LogP contribution in [0.2, 0.25) is 0 Å². The minimum atomic E-state index is 0. The molecule has 0 saturated carbocycles. The van der Waals surface area contributed by atoms with E-state index in [1.165, 1.54) is 5.56 Å². The predicted octanol–water partition coefficient (Wildman–Crippen LogP) is 0.689. The maximum absolute atomic E-state index is 5.54. The van der Waals surface area contributed by atoms with Gasteiger partial charge in [-0.15, -0.1) is 12.4 Å². The smallest absolute Gasteiger partial charge is 0.0588 e. The SMILES string of the molecule is Cl.Nc1cnc2c(c1)CNC2. The summed E-state index contributed by atoms with van der Waals surface area (Å²) < 4.78 is 0. The van der Waals surface area contributed by atoms with Crippen LogP contribution < -0.4 is 11.1 Å². The van der Waals surface area contributed by atoms with Crippen LogP contribution in [0.25, 0.3) is 0 Å². The molecule has 0 saturated heterocycles. The Morgan fingerprint density at radius 2 is 2.27 bits per heavy atom. The van der Waals surface area contributed by atoms with Gasteiger partial charge in [0.25, 0.3) is 0 Å². The van der Waals surface area contributed by atoms with E-state index in [1.54, 1.807) is 6.20 Å². The normalized spacial score (nSPS) is 13.8. The summed E-state index contributed by atoms with van der Waals surface area (Å²) in [6.45, 7) is 1.79. The average molecular weight is 172 g/mol. The maximum Gasteiger partial charge on any atom is 0.0588 e. The van der Waals surface area contributed by atoms with E-state index in [0.717, 1.165) is 24.5 Å². The van der Waals surface area contributed by atoms with Crippen LogP contribution in [0.1, 0.15) is 11.3 Å². The molecule has 0 atom stereocenters. The molecule has 60 valence electrons. The van der Waals surface area contributed by atoms with Gasteiger partial charge in [-0.1, -0.05) is 0 Å². The molecule has 1 aliphatic heterocycles. The highest BCUT2D eigenvalue weighted by Gasteiger charge is 2.09. The van der Waals surface area contributed by atoms with E-state index in [9.17, 15) is 0 Å². The number of hydrogen-bond acceptors (Lipinski definition) is 3. The van der Waals surface area contributed by atoms with Gasteiger partial charge in [0.2, 0.25) is 0 Å². The zero-order valence-electron chi connectivity index (χ0n) is 6.00. The van der Waals surface area contributed by atoms with Gasteiger partial charge in [-0.25, -0.2) is 0 Å². The molecule has 0 bridgehead atoms. The lowest BCUT2D eigenvalue weighted by Crippen LogP contribution is -2.00. The van der Waals surface area contributed by atoms with E-state index in [4.69, 9.17) is 5.73 Å². The first-order valence-electron chi connectivity index (χ1n) is 3.30. The summed E-state index contributed by atoms with van der Waals surface area (Å²) in [4.78, 5) is 4.17. The first kappa shape index (κ1) is 8.30. The lowest BCUT2D eigenvalue weighted by Gasteiger charge is -1.96.